The minimum atomic E-state index is -3.98. The van der Waals surface area contributed by atoms with Crippen molar-refractivity contribution >= 4 is 72.3 Å². The van der Waals surface area contributed by atoms with E-state index in [0.29, 0.717) is 28.2 Å². The molecule has 0 saturated heterocycles. The molecule has 0 aliphatic carbocycles. The van der Waals surface area contributed by atoms with E-state index in [9.17, 15) is 22.8 Å². The standard InChI is InChI=1S/C16H14N6O3.C7H5ClO5S.ClH/c17-9-5-18-14-13(9)20-7-21-15(14)16(24)19-4-8-1-2-11-10(3-8)22-12(23)6-25-11;8-14(12,13)4-1-2-6(9)5(3-4)7(10)11;/h1-3,5,7,18H,4,6,17H2,(H,19,24)(H,22,23);1-3,9H,(H,10,11);1H. The topological polar surface area (TPSA) is 227 Å². The Kier molecular flexibility index (Phi) is 9.03. The lowest BCUT2D eigenvalue weighted by atomic mass is 10.1. The molecule has 3 heterocycles. The van der Waals surface area contributed by atoms with E-state index < -0.39 is 26.3 Å². The third-order valence-electron chi connectivity index (χ3n) is 5.32. The number of aromatic amines is 1. The second-order valence-corrected chi connectivity index (χ2v) is 10.5. The van der Waals surface area contributed by atoms with Crippen LogP contribution in [0.15, 0.2) is 53.8 Å². The van der Waals surface area contributed by atoms with Gasteiger partial charge in [0.1, 0.15) is 28.9 Å². The Morgan fingerprint density at radius 2 is 1.93 bits per heavy atom. The summed E-state index contributed by atoms with van der Waals surface area (Å²) >= 11 is 0. The molecule has 40 heavy (non-hydrogen) atoms. The molecule has 0 atom stereocenters. The number of aromatic nitrogens is 3. The first-order chi connectivity index (χ1) is 18.4. The van der Waals surface area contributed by atoms with Crippen molar-refractivity contribution in [3.63, 3.8) is 0 Å². The average Bonchev–Trinajstić information content (AvgIpc) is 3.27. The molecule has 0 saturated carbocycles. The van der Waals surface area contributed by atoms with Crippen molar-refractivity contribution in [1.82, 2.24) is 20.3 Å². The van der Waals surface area contributed by atoms with Crippen LogP contribution in [-0.2, 0) is 20.4 Å². The van der Waals surface area contributed by atoms with E-state index in [2.05, 4.69) is 25.6 Å². The molecule has 14 nitrogen and oxygen atoms in total. The van der Waals surface area contributed by atoms with E-state index >= 15 is 0 Å². The average molecular weight is 611 g/mol. The molecule has 7 N–H and O–H groups in total. The highest BCUT2D eigenvalue weighted by Gasteiger charge is 2.18. The molecule has 5 rings (SSSR count). The van der Waals surface area contributed by atoms with Crippen molar-refractivity contribution in [3.05, 3.63) is 65.7 Å². The highest BCUT2D eigenvalue weighted by molar-refractivity contribution is 8.13. The van der Waals surface area contributed by atoms with Crippen molar-refractivity contribution in [2.75, 3.05) is 17.7 Å². The Hall–Kier alpha value is -4.60. The summed E-state index contributed by atoms with van der Waals surface area (Å²) in [4.78, 5) is 44.9. The molecule has 1 aliphatic heterocycles. The third-order valence-corrected chi connectivity index (χ3v) is 6.67. The smallest absolute Gasteiger partial charge is 0.339 e. The number of nitrogens with one attached hydrogen (secondary N) is 3. The number of benzene rings is 2. The van der Waals surface area contributed by atoms with Crippen LogP contribution in [0, 0.1) is 0 Å². The number of aromatic hydroxyl groups is 1. The van der Waals surface area contributed by atoms with Crippen molar-refractivity contribution in [1.29, 1.82) is 0 Å². The van der Waals surface area contributed by atoms with E-state index in [4.69, 9.17) is 31.4 Å². The number of carboxylic acid groups (broad SMARTS) is 1. The summed E-state index contributed by atoms with van der Waals surface area (Å²) < 4.78 is 26.9. The molecule has 1 aliphatic rings. The SMILES string of the molecule is Cl.Nc1c[nH]c2c(C(=O)NCc3ccc4c(c3)NC(=O)CO4)ncnc12.O=C(O)c1cc(S(=O)(=O)Cl)ccc1O. The van der Waals surface area contributed by atoms with Crippen molar-refractivity contribution in [2.45, 2.75) is 11.4 Å². The van der Waals surface area contributed by atoms with E-state index in [1.165, 1.54) is 6.33 Å². The van der Waals surface area contributed by atoms with Gasteiger partial charge < -0.3 is 36.3 Å². The highest BCUT2D eigenvalue weighted by atomic mass is 35.7. The molecule has 17 heteroatoms. The van der Waals surface area contributed by atoms with Crippen LogP contribution in [0.3, 0.4) is 0 Å². The zero-order chi connectivity index (χ0) is 28.3. The zero-order valence-electron chi connectivity index (χ0n) is 20.0. The van der Waals surface area contributed by atoms with Gasteiger partial charge in [-0.25, -0.2) is 23.2 Å². The predicted molar refractivity (Wildman–Crippen MR) is 145 cm³/mol. The summed E-state index contributed by atoms with van der Waals surface area (Å²) in [6.45, 7) is 0.274. The monoisotopic (exact) mass is 610 g/mol. The van der Waals surface area contributed by atoms with Crippen LogP contribution < -0.4 is 21.1 Å². The van der Waals surface area contributed by atoms with Crippen LogP contribution >= 0.6 is 23.1 Å². The highest BCUT2D eigenvalue weighted by Crippen LogP contribution is 2.28. The Morgan fingerprint density at radius 3 is 2.62 bits per heavy atom. The summed E-state index contributed by atoms with van der Waals surface area (Å²) in [7, 11) is 1.01. The maximum atomic E-state index is 12.4. The van der Waals surface area contributed by atoms with Gasteiger partial charge in [0, 0.05) is 23.4 Å². The number of carboxylic acids is 1. The van der Waals surface area contributed by atoms with Crippen molar-refractivity contribution in [3.8, 4) is 11.5 Å². The number of nitrogens with zero attached hydrogens (tertiary/aromatic N) is 2. The van der Waals surface area contributed by atoms with Gasteiger partial charge in [0.15, 0.2) is 12.3 Å². The molecule has 210 valence electrons. The van der Waals surface area contributed by atoms with E-state index in [1.54, 1.807) is 18.3 Å². The number of ether oxygens (including phenoxy) is 1. The van der Waals surface area contributed by atoms with E-state index in [1.807, 2.05) is 6.07 Å². The van der Waals surface area contributed by atoms with E-state index in [0.717, 1.165) is 23.8 Å². The van der Waals surface area contributed by atoms with Crippen molar-refractivity contribution < 1.29 is 37.8 Å². The number of fused-ring (bicyclic) bond motifs is 2. The minimum Gasteiger partial charge on any atom is -0.507 e. The van der Waals surface area contributed by atoms with Crippen LogP contribution in [0.25, 0.3) is 11.0 Å². The van der Waals surface area contributed by atoms with Gasteiger partial charge in [-0.1, -0.05) is 6.07 Å². The normalized spacial score (nSPS) is 12.1. The molecule has 4 aromatic rings. The molecule has 0 bridgehead atoms. The van der Waals surface area contributed by atoms with Gasteiger partial charge in [-0.05, 0) is 35.9 Å². The van der Waals surface area contributed by atoms with Crippen LogP contribution in [0.5, 0.6) is 11.5 Å². The van der Waals surface area contributed by atoms with Gasteiger partial charge in [-0.2, -0.15) is 0 Å². The van der Waals surface area contributed by atoms with Crippen LogP contribution in [0.4, 0.5) is 11.4 Å². The summed E-state index contributed by atoms with van der Waals surface area (Å²) in [5, 5.41) is 23.1. The number of halogens is 2. The fraction of sp³-hybridized carbons (Fsp3) is 0.0870. The number of amides is 2. The molecule has 2 amide bonds. The van der Waals surface area contributed by atoms with E-state index in [-0.39, 0.29) is 48.0 Å². The van der Waals surface area contributed by atoms with Gasteiger partial charge in [0.05, 0.1) is 21.8 Å². The lowest BCUT2D eigenvalue weighted by Crippen LogP contribution is -2.26. The lowest BCUT2D eigenvalue weighted by molar-refractivity contribution is -0.118. The number of nitrogens with two attached hydrogens (primary N) is 1. The number of rotatable bonds is 5. The second-order valence-electron chi connectivity index (χ2n) is 7.96. The Morgan fingerprint density at radius 1 is 1.18 bits per heavy atom. The Bertz CT molecular complexity index is 1730. The number of hydrogen-bond donors (Lipinski definition) is 6. The Labute approximate surface area is 236 Å². The van der Waals surface area contributed by atoms with Gasteiger partial charge >= 0.3 is 5.97 Å². The number of phenols is 1. The van der Waals surface area contributed by atoms with Crippen LogP contribution in [-0.4, -0.2) is 58.0 Å². The first-order valence-electron chi connectivity index (χ1n) is 10.9. The van der Waals surface area contributed by atoms with Crippen LogP contribution in [0.2, 0.25) is 0 Å². The minimum absolute atomic E-state index is 0. The number of H-pyrrole nitrogens is 1. The van der Waals surface area contributed by atoms with Crippen LogP contribution in [0.1, 0.15) is 26.4 Å². The largest absolute Gasteiger partial charge is 0.507 e. The lowest BCUT2D eigenvalue weighted by Gasteiger charge is -2.18. The summed E-state index contributed by atoms with van der Waals surface area (Å²) in [6.07, 6.45) is 2.87. The molecule has 2 aromatic carbocycles. The number of hydrogen-bond acceptors (Lipinski definition) is 10. The number of nitrogen functional groups attached to an aromatic ring is 1. The van der Waals surface area contributed by atoms with Gasteiger partial charge in [0.25, 0.3) is 20.9 Å². The van der Waals surface area contributed by atoms with Gasteiger partial charge in [-0.15, -0.1) is 12.4 Å². The number of carbonyl (C=O) groups is 3. The zero-order valence-corrected chi connectivity index (χ0v) is 22.4. The molecule has 0 spiro atoms. The molecular formula is C23H20Cl2N6O8S. The van der Waals surface area contributed by atoms with Gasteiger partial charge in [-0.3, -0.25) is 9.59 Å². The summed E-state index contributed by atoms with van der Waals surface area (Å²) in [6, 6.07) is 8.10. The maximum Gasteiger partial charge on any atom is 0.339 e. The third kappa shape index (κ3) is 6.69. The molecule has 0 fully saturated rings. The number of aromatic carboxylic acids is 1. The molecule has 0 radical (unpaired) electrons. The molecular weight excluding hydrogens is 591 g/mol. The maximum absolute atomic E-state index is 12.4. The summed E-state index contributed by atoms with van der Waals surface area (Å²) in [5.74, 6) is -1.89. The predicted octanol–water partition coefficient (Wildman–Crippen LogP) is 2.24. The Balaban J connectivity index is 0.000000253. The number of anilines is 2. The molecule has 0 unspecified atom stereocenters. The fourth-order valence-corrected chi connectivity index (χ4v) is 4.25. The van der Waals surface area contributed by atoms with Crippen molar-refractivity contribution in [2.24, 2.45) is 0 Å². The first kappa shape index (κ1) is 29.9. The first-order valence-corrected chi connectivity index (χ1v) is 13.2. The molecule has 2 aromatic heterocycles. The second kappa shape index (κ2) is 12.1. The van der Waals surface area contributed by atoms with Gasteiger partial charge in [0.2, 0.25) is 0 Å². The quantitative estimate of drug-likeness (QED) is 0.179. The fourth-order valence-electron chi connectivity index (χ4n) is 3.48. The summed E-state index contributed by atoms with van der Waals surface area (Å²) in [5.41, 5.74) is 8.35. The number of carbonyl (C=O) groups excluding carboxylic acids is 2.